The summed E-state index contributed by atoms with van der Waals surface area (Å²) in [7, 11) is 0. The molecule has 1 N–H and O–H groups in total. The maximum absolute atomic E-state index is 12.5. The second-order valence-corrected chi connectivity index (χ2v) is 7.66. The number of halogens is 2. The molecule has 0 aliphatic carbocycles. The van der Waals surface area contributed by atoms with Crippen molar-refractivity contribution < 1.29 is 13.6 Å². The van der Waals surface area contributed by atoms with Crippen LogP contribution in [0.1, 0.15) is 28.9 Å². The summed E-state index contributed by atoms with van der Waals surface area (Å²) in [6, 6.07) is 1.61. The van der Waals surface area contributed by atoms with Gasteiger partial charge in [0, 0.05) is 24.5 Å². The van der Waals surface area contributed by atoms with Crippen LogP contribution in [-0.4, -0.2) is 42.7 Å². The van der Waals surface area contributed by atoms with Gasteiger partial charge >= 0.3 is 0 Å². The van der Waals surface area contributed by atoms with Crippen molar-refractivity contribution in [1.82, 2.24) is 10.2 Å². The molecule has 2 fully saturated rings. The van der Waals surface area contributed by atoms with Crippen LogP contribution in [0.15, 0.2) is 16.3 Å². The van der Waals surface area contributed by atoms with Crippen molar-refractivity contribution in [2.24, 2.45) is 5.41 Å². The van der Waals surface area contributed by atoms with E-state index < -0.39 is 5.76 Å². The molecular weight excluding hydrogens is 314 g/mol. The number of alkyl halides is 2. The molecule has 0 aromatic carbocycles. The second kappa shape index (κ2) is 6.22. The molecule has 3 rings (SSSR count). The molecule has 2 aliphatic rings. The van der Waals surface area contributed by atoms with Crippen LogP contribution < -0.4 is 5.32 Å². The van der Waals surface area contributed by atoms with Crippen molar-refractivity contribution in [3.8, 4) is 0 Å². The van der Waals surface area contributed by atoms with Crippen LogP contribution in [0.3, 0.4) is 0 Å². The minimum Gasteiger partial charge on any atom is -0.338 e. The third-order valence-electron chi connectivity index (χ3n) is 4.48. The second-order valence-electron chi connectivity index (χ2n) is 5.71. The number of carbonyl (C=O) groups excluding carboxylic acids is 1. The maximum Gasteiger partial charge on any atom is 0.288 e. The standard InChI is InChI=1S/C14H18F2N2OS2/c15-13(16)21-10-1-8-20-11(10)12(19)18-6-3-14(4-7-18)2-5-17-9-14/h1,8,13,17H,2-7,9H2. The van der Waals surface area contributed by atoms with Gasteiger partial charge in [0.25, 0.3) is 11.7 Å². The lowest BCUT2D eigenvalue weighted by atomic mass is 9.78. The summed E-state index contributed by atoms with van der Waals surface area (Å²) in [4.78, 5) is 15.2. The van der Waals surface area contributed by atoms with E-state index in [0.29, 0.717) is 26.9 Å². The minimum absolute atomic E-state index is 0.0889. The van der Waals surface area contributed by atoms with Gasteiger partial charge in [0.1, 0.15) is 4.88 Å². The number of piperidine rings is 1. The van der Waals surface area contributed by atoms with Crippen LogP contribution in [0.2, 0.25) is 0 Å². The van der Waals surface area contributed by atoms with Crippen molar-refractivity contribution in [3.05, 3.63) is 16.3 Å². The minimum atomic E-state index is -2.49. The Hall–Kier alpha value is -0.660. The highest BCUT2D eigenvalue weighted by molar-refractivity contribution is 7.99. The number of nitrogens with zero attached hydrogens (tertiary/aromatic N) is 1. The number of rotatable bonds is 3. The molecule has 7 heteroatoms. The Kier molecular flexibility index (Phi) is 4.51. The lowest BCUT2D eigenvalue weighted by Gasteiger charge is -2.38. The first-order valence-electron chi connectivity index (χ1n) is 7.12. The summed E-state index contributed by atoms with van der Waals surface area (Å²) in [6.45, 7) is 3.57. The first-order chi connectivity index (χ1) is 10.1. The van der Waals surface area contributed by atoms with Crippen molar-refractivity contribution in [3.63, 3.8) is 0 Å². The highest BCUT2D eigenvalue weighted by atomic mass is 32.2. The van der Waals surface area contributed by atoms with E-state index in [4.69, 9.17) is 0 Å². The van der Waals surface area contributed by atoms with E-state index in [9.17, 15) is 13.6 Å². The maximum atomic E-state index is 12.5. The number of thiophene rings is 1. The van der Waals surface area contributed by atoms with Gasteiger partial charge in [-0.25, -0.2) is 0 Å². The quantitative estimate of drug-likeness (QED) is 0.862. The van der Waals surface area contributed by atoms with Gasteiger partial charge in [-0.1, -0.05) is 11.8 Å². The van der Waals surface area contributed by atoms with Crippen LogP contribution >= 0.6 is 23.1 Å². The molecule has 21 heavy (non-hydrogen) atoms. The van der Waals surface area contributed by atoms with E-state index in [-0.39, 0.29) is 5.91 Å². The zero-order chi connectivity index (χ0) is 14.9. The van der Waals surface area contributed by atoms with E-state index in [1.165, 1.54) is 17.8 Å². The molecule has 3 heterocycles. The molecule has 1 aromatic rings. The number of nitrogens with one attached hydrogen (secondary N) is 1. The summed E-state index contributed by atoms with van der Waals surface area (Å²) in [6.07, 6.45) is 3.20. The van der Waals surface area contributed by atoms with Crippen molar-refractivity contribution in [2.75, 3.05) is 26.2 Å². The molecular formula is C14H18F2N2OS2. The number of amides is 1. The van der Waals surface area contributed by atoms with Gasteiger partial charge < -0.3 is 10.2 Å². The highest BCUT2D eigenvalue weighted by Crippen LogP contribution is 2.38. The SMILES string of the molecule is O=C(c1sccc1SC(F)F)N1CCC2(CCNC2)CC1. The van der Waals surface area contributed by atoms with Gasteiger partial charge in [0.05, 0.1) is 0 Å². The molecule has 0 atom stereocenters. The van der Waals surface area contributed by atoms with Gasteiger partial charge in [-0.05, 0) is 42.7 Å². The molecule has 3 nitrogen and oxygen atoms in total. The summed E-state index contributed by atoms with van der Waals surface area (Å²) < 4.78 is 25.0. The third kappa shape index (κ3) is 3.24. The molecule has 116 valence electrons. The monoisotopic (exact) mass is 332 g/mol. The molecule has 1 amide bonds. The number of hydrogen-bond acceptors (Lipinski definition) is 4. The fourth-order valence-electron chi connectivity index (χ4n) is 3.19. The average Bonchev–Trinajstić information content (AvgIpc) is 3.08. The molecule has 2 aliphatic heterocycles. The number of hydrogen-bond donors (Lipinski definition) is 1. The van der Waals surface area contributed by atoms with E-state index in [1.807, 2.05) is 4.90 Å². The zero-order valence-corrected chi connectivity index (χ0v) is 13.2. The van der Waals surface area contributed by atoms with Crippen LogP contribution in [0.25, 0.3) is 0 Å². The van der Waals surface area contributed by atoms with E-state index in [1.54, 1.807) is 11.4 Å². The van der Waals surface area contributed by atoms with E-state index in [0.717, 1.165) is 39.0 Å². The van der Waals surface area contributed by atoms with Gasteiger partial charge in [0.2, 0.25) is 0 Å². The van der Waals surface area contributed by atoms with Crippen LogP contribution in [0.5, 0.6) is 0 Å². The van der Waals surface area contributed by atoms with Gasteiger partial charge in [-0.2, -0.15) is 8.78 Å². The summed E-state index contributed by atoms with van der Waals surface area (Å²) in [5.41, 5.74) is 0.354. The number of carbonyl (C=O) groups is 1. The van der Waals surface area contributed by atoms with Crippen molar-refractivity contribution in [1.29, 1.82) is 0 Å². The number of likely N-dealkylation sites (tertiary alicyclic amines) is 1. The normalized spacial score (nSPS) is 21.4. The van der Waals surface area contributed by atoms with Crippen LogP contribution in [-0.2, 0) is 0 Å². The van der Waals surface area contributed by atoms with E-state index >= 15 is 0 Å². The Morgan fingerprint density at radius 1 is 1.38 bits per heavy atom. The lowest BCUT2D eigenvalue weighted by molar-refractivity contribution is 0.0609. The molecule has 1 aromatic heterocycles. The molecule has 0 bridgehead atoms. The zero-order valence-electron chi connectivity index (χ0n) is 11.6. The largest absolute Gasteiger partial charge is 0.338 e. The fourth-order valence-corrected chi connectivity index (χ4v) is 4.85. The smallest absolute Gasteiger partial charge is 0.288 e. The van der Waals surface area contributed by atoms with E-state index in [2.05, 4.69) is 5.32 Å². The Balaban J connectivity index is 1.65. The topological polar surface area (TPSA) is 32.3 Å². The average molecular weight is 332 g/mol. The summed E-state index contributed by atoms with van der Waals surface area (Å²) >= 11 is 1.72. The van der Waals surface area contributed by atoms with Gasteiger partial charge in [-0.15, -0.1) is 11.3 Å². The Morgan fingerprint density at radius 2 is 2.14 bits per heavy atom. The van der Waals surface area contributed by atoms with Crippen molar-refractivity contribution in [2.45, 2.75) is 29.9 Å². The molecule has 0 radical (unpaired) electrons. The Bertz CT molecular complexity index is 505. The Labute approximate surface area is 131 Å². The van der Waals surface area contributed by atoms with Crippen LogP contribution in [0, 0.1) is 5.41 Å². The summed E-state index contributed by atoms with van der Waals surface area (Å²) in [5, 5.41) is 5.11. The third-order valence-corrected chi connectivity index (χ3v) is 6.29. The Morgan fingerprint density at radius 3 is 2.76 bits per heavy atom. The first-order valence-corrected chi connectivity index (χ1v) is 8.88. The van der Waals surface area contributed by atoms with Gasteiger partial charge in [0.15, 0.2) is 0 Å². The van der Waals surface area contributed by atoms with Crippen LogP contribution in [0.4, 0.5) is 8.78 Å². The molecule has 2 saturated heterocycles. The van der Waals surface area contributed by atoms with Gasteiger partial charge in [-0.3, -0.25) is 4.79 Å². The fraction of sp³-hybridized carbons (Fsp3) is 0.643. The first kappa shape index (κ1) is 15.2. The highest BCUT2D eigenvalue weighted by Gasteiger charge is 2.38. The molecule has 1 spiro atoms. The molecule has 0 saturated carbocycles. The number of thioether (sulfide) groups is 1. The lowest BCUT2D eigenvalue weighted by Crippen LogP contribution is -2.43. The predicted octanol–water partition coefficient (Wildman–Crippen LogP) is 3.28. The molecule has 0 unspecified atom stereocenters. The predicted molar refractivity (Wildman–Crippen MR) is 81.2 cm³/mol. The summed E-state index contributed by atoms with van der Waals surface area (Å²) in [5.74, 6) is -2.57. The van der Waals surface area contributed by atoms with Crippen molar-refractivity contribution >= 4 is 29.0 Å².